The first-order valence-corrected chi connectivity index (χ1v) is 3.98. The Bertz CT molecular complexity index is 350. The largest absolute Gasteiger partial charge is 0.391 e. The molecule has 0 atom stereocenters. The van der Waals surface area contributed by atoms with Gasteiger partial charge in [0.15, 0.2) is 23.3 Å². The summed E-state index contributed by atoms with van der Waals surface area (Å²) in [6.45, 7) is -1.70. The molecule has 0 aliphatic carbocycles. The maximum Gasteiger partial charge on any atom is 0.167 e. The molecule has 0 bridgehead atoms. The number of benzene rings is 1. The summed E-state index contributed by atoms with van der Waals surface area (Å²) in [5, 5.41) is 8.52. The Kier molecular flexibility index (Phi) is 3.65. The molecule has 1 aromatic carbocycles. The molecule has 0 amide bonds. The second kappa shape index (κ2) is 4.59. The van der Waals surface area contributed by atoms with Gasteiger partial charge in [0.05, 0.1) is 24.3 Å². The maximum atomic E-state index is 13.1. The third kappa shape index (κ3) is 1.95. The zero-order chi connectivity index (χ0) is 11.6. The predicted molar refractivity (Wildman–Crippen MR) is 42.9 cm³/mol. The van der Waals surface area contributed by atoms with Crippen molar-refractivity contribution in [2.45, 2.75) is 13.2 Å². The molecule has 6 heteroatoms. The van der Waals surface area contributed by atoms with Crippen molar-refractivity contribution in [3.8, 4) is 0 Å². The minimum atomic E-state index is -1.59. The van der Waals surface area contributed by atoms with E-state index < -0.39 is 47.6 Å². The van der Waals surface area contributed by atoms with Gasteiger partial charge in [-0.15, -0.1) is 0 Å². The number of rotatable bonds is 3. The fourth-order valence-electron chi connectivity index (χ4n) is 1.13. The van der Waals surface area contributed by atoms with Crippen molar-refractivity contribution in [1.29, 1.82) is 0 Å². The number of methoxy groups -OCH3 is 1. The first-order valence-electron chi connectivity index (χ1n) is 3.98. The molecule has 0 radical (unpaired) electrons. The standard InChI is InChI=1S/C9H8F4O2/c1-15-3-5-8(12)6(10)4(2-14)7(11)9(5)13/h14H,2-3H2,1H3. The fraction of sp³-hybridized carbons (Fsp3) is 0.333. The van der Waals surface area contributed by atoms with Gasteiger partial charge < -0.3 is 9.84 Å². The van der Waals surface area contributed by atoms with Crippen LogP contribution in [0.3, 0.4) is 0 Å². The van der Waals surface area contributed by atoms with E-state index in [1.54, 1.807) is 0 Å². The van der Waals surface area contributed by atoms with Crippen molar-refractivity contribution in [1.82, 2.24) is 0 Å². The molecular formula is C9H8F4O2. The van der Waals surface area contributed by atoms with Gasteiger partial charge in [-0.25, -0.2) is 17.6 Å². The third-order valence-corrected chi connectivity index (χ3v) is 1.89. The van der Waals surface area contributed by atoms with Gasteiger partial charge in [-0.3, -0.25) is 0 Å². The van der Waals surface area contributed by atoms with Crippen LogP contribution in [0.25, 0.3) is 0 Å². The number of hydrogen-bond donors (Lipinski definition) is 1. The second-order valence-electron chi connectivity index (χ2n) is 2.80. The molecule has 0 heterocycles. The first kappa shape index (κ1) is 11.9. The van der Waals surface area contributed by atoms with E-state index in [9.17, 15) is 17.6 Å². The van der Waals surface area contributed by atoms with Gasteiger partial charge in [0.1, 0.15) is 0 Å². The molecule has 0 saturated carbocycles. The Morgan fingerprint density at radius 3 is 1.67 bits per heavy atom. The number of hydrogen-bond acceptors (Lipinski definition) is 2. The number of aliphatic hydroxyl groups is 1. The number of halogens is 4. The molecule has 1 rings (SSSR count). The van der Waals surface area contributed by atoms with E-state index in [2.05, 4.69) is 4.74 Å². The van der Waals surface area contributed by atoms with Gasteiger partial charge in [-0.2, -0.15) is 0 Å². The molecule has 0 aliphatic rings. The van der Waals surface area contributed by atoms with Crippen LogP contribution in [0.5, 0.6) is 0 Å². The minimum absolute atomic E-state index is 0.586. The summed E-state index contributed by atoms with van der Waals surface area (Å²) in [6.07, 6.45) is 0. The van der Waals surface area contributed by atoms with Crippen molar-refractivity contribution in [3.63, 3.8) is 0 Å². The first-order chi connectivity index (χ1) is 7.04. The van der Waals surface area contributed by atoms with Gasteiger partial charge in [-0.05, 0) is 0 Å². The SMILES string of the molecule is COCc1c(F)c(F)c(CO)c(F)c1F. The van der Waals surface area contributed by atoms with Crippen LogP contribution < -0.4 is 0 Å². The summed E-state index contributed by atoms with van der Waals surface area (Å²) in [4.78, 5) is 0. The topological polar surface area (TPSA) is 29.5 Å². The zero-order valence-electron chi connectivity index (χ0n) is 7.78. The molecule has 0 aliphatic heterocycles. The summed E-state index contributed by atoms with van der Waals surface area (Å²) in [5.41, 5.74) is -1.85. The molecule has 2 nitrogen and oxygen atoms in total. The van der Waals surface area contributed by atoms with Crippen molar-refractivity contribution in [2.75, 3.05) is 7.11 Å². The van der Waals surface area contributed by atoms with E-state index in [4.69, 9.17) is 5.11 Å². The van der Waals surface area contributed by atoms with Gasteiger partial charge >= 0.3 is 0 Å². The lowest BCUT2D eigenvalue weighted by atomic mass is 10.1. The Morgan fingerprint density at radius 1 is 0.933 bits per heavy atom. The average Bonchev–Trinajstić information content (AvgIpc) is 2.23. The lowest BCUT2D eigenvalue weighted by molar-refractivity contribution is 0.174. The lowest BCUT2D eigenvalue weighted by Crippen LogP contribution is -2.09. The van der Waals surface area contributed by atoms with Crippen molar-refractivity contribution < 1.29 is 27.4 Å². The Morgan fingerprint density at radius 2 is 1.33 bits per heavy atom. The maximum absolute atomic E-state index is 13.1. The summed E-state index contributed by atoms with van der Waals surface area (Å²) in [6, 6.07) is 0. The van der Waals surface area contributed by atoms with E-state index in [1.807, 2.05) is 0 Å². The predicted octanol–water partition coefficient (Wildman–Crippen LogP) is 1.88. The van der Waals surface area contributed by atoms with Crippen LogP contribution in [0.15, 0.2) is 0 Å². The molecule has 0 spiro atoms. The molecule has 1 aromatic rings. The van der Waals surface area contributed by atoms with E-state index in [0.717, 1.165) is 7.11 Å². The quantitative estimate of drug-likeness (QED) is 0.627. The smallest absolute Gasteiger partial charge is 0.167 e. The Labute approximate surface area is 83.1 Å². The van der Waals surface area contributed by atoms with Gasteiger partial charge in [0.25, 0.3) is 0 Å². The second-order valence-corrected chi connectivity index (χ2v) is 2.80. The highest BCUT2D eigenvalue weighted by Crippen LogP contribution is 2.24. The molecule has 0 unspecified atom stereocenters. The van der Waals surface area contributed by atoms with E-state index in [0.29, 0.717) is 0 Å². The van der Waals surface area contributed by atoms with Crippen molar-refractivity contribution in [3.05, 3.63) is 34.4 Å². The van der Waals surface area contributed by atoms with Crippen LogP contribution in [-0.4, -0.2) is 12.2 Å². The highest BCUT2D eigenvalue weighted by molar-refractivity contribution is 5.29. The number of aliphatic hydroxyl groups excluding tert-OH is 1. The lowest BCUT2D eigenvalue weighted by Gasteiger charge is -2.09. The van der Waals surface area contributed by atoms with Crippen LogP contribution in [0.2, 0.25) is 0 Å². The zero-order valence-corrected chi connectivity index (χ0v) is 7.78. The highest BCUT2D eigenvalue weighted by Gasteiger charge is 2.24. The summed E-state index contributed by atoms with van der Waals surface area (Å²) in [7, 11) is 1.13. The highest BCUT2D eigenvalue weighted by atomic mass is 19.2. The van der Waals surface area contributed by atoms with E-state index in [-0.39, 0.29) is 0 Å². The summed E-state index contributed by atoms with van der Waals surface area (Å²) in [5.74, 6) is -6.27. The van der Waals surface area contributed by atoms with Crippen LogP contribution in [0.1, 0.15) is 11.1 Å². The van der Waals surface area contributed by atoms with Gasteiger partial charge in [0.2, 0.25) is 0 Å². The van der Waals surface area contributed by atoms with Crippen LogP contribution >= 0.6 is 0 Å². The summed E-state index contributed by atoms with van der Waals surface area (Å²) >= 11 is 0. The van der Waals surface area contributed by atoms with Gasteiger partial charge in [0, 0.05) is 7.11 Å². The Balaban J connectivity index is 3.44. The van der Waals surface area contributed by atoms with Gasteiger partial charge in [-0.1, -0.05) is 0 Å². The molecule has 1 N–H and O–H groups in total. The minimum Gasteiger partial charge on any atom is -0.391 e. The summed E-state index contributed by atoms with van der Waals surface area (Å²) < 4.78 is 56.7. The Hall–Kier alpha value is -1.14. The fourth-order valence-corrected chi connectivity index (χ4v) is 1.13. The average molecular weight is 224 g/mol. The van der Waals surface area contributed by atoms with Crippen molar-refractivity contribution in [2.24, 2.45) is 0 Å². The van der Waals surface area contributed by atoms with Crippen LogP contribution in [-0.2, 0) is 18.0 Å². The molecule has 15 heavy (non-hydrogen) atoms. The van der Waals surface area contributed by atoms with E-state index in [1.165, 1.54) is 0 Å². The molecule has 84 valence electrons. The third-order valence-electron chi connectivity index (χ3n) is 1.89. The molecule has 0 saturated heterocycles. The van der Waals surface area contributed by atoms with E-state index >= 15 is 0 Å². The molecule has 0 aromatic heterocycles. The number of ether oxygens (including phenoxy) is 1. The van der Waals surface area contributed by atoms with Crippen LogP contribution in [0.4, 0.5) is 17.6 Å². The molecule has 0 fully saturated rings. The van der Waals surface area contributed by atoms with Crippen molar-refractivity contribution >= 4 is 0 Å². The monoisotopic (exact) mass is 224 g/mol. The molecular weight excluding hydrogens is 216 g/mol. The van der Waals surface area contributed by atoms with Crippen LogP contribution in [0, 0.1) is 23.3 Å². The normalized spacial score (nSPS) is 10.8.